The van der Waals surface area contributed by atoms with Gasteiger partial charge in [0.15, 0.2) is 0 Å². The van der Waals surface area contributed by atoms with E-state index >= 15 is 0 Å². The van der Waals surface area contributed by atoms with Crippen LogP contribution in [0.4, 0.5) is 5.69 Å². The van der Waals surface area contributed by atoms with Crippen molar-refractivity contribution in [3.05, 3.63) is 59.3 Å². The highest BCUT2D eigenvalue weighted by Crippen LogP contribution is 2.49. The normalized spacial score (nSPS) is 23.3. The van der Waals surface area contributed by atoms with E-state index < -0.39 is 0 Å². The van der Waals surface area contributed by atoms with Gasteiger partial charge in [0.2, 0.25) is 5.78 Å². The van der Waals surface area contributed by atoms with Crippen molar-refractivity contribution in [1.29, 1.82) is 0 Å². The molecule has 1 saturated heterocycles. The predicted octanol–water partition coefficient (Wildman–Crippen LogP) is 2.50. The third-order valence-electron chi connectivity index (χ3n) is 6.34. The summed E-state index contributed by atoms with van der Waals surface area (Å²) in [6.45, 7) is 2.13. The molecule has 0 unspecified atom stereocenters. The molecule has 29 heavy (non-hydrogen) atoms. The summed E-state index contributed by atoms with van der Waals surface area (Å²) in [5, 5.41) is 0.892. The van der Waals surface area contributed by atoms with E-state index in [1.807, 2.05) is 30.5 Å². The molecular weight excluding hydrogens is 366 g/mol. The molecule has 4 aromatic rings. The Bertz CT molecular complexity index is 1260. The number of piperidine rings is 1. The highest BCUT2D eigenvalue weighted by atomic mass is 16.4. The largest absolute Gasteiger partial charge is 0.422 e. The molecule has 1 aliphatic heterocycles. The third kappa shape index (κ3) is 2.57. The topological polar surface area (TPSA) is 66.9 Å². The lowest BCUT2D eigenvalue weighted by atomic mass is 10.1. The van der Waals surface area contributed by atoms with E-state index in [1.54, 1.807) is 16.8 Å². The molecule has 7 heteroatoms. The maximum atomic E-state index is 12.7. The van der Waals surface area contributed by atoms with E-state index in [9.17, 15) is 4.79 Å². The Hall–Kier alpha value is -3.19. The first kappa shape index (κ1) is 16.7. The van der Waals surface area contributed by atoms with Gasteiger partial charge in [-0.1, -0.05) is 0 Å². The second kappa shape index (κ2) is 5.90. The maximum absolute atomic E-state index is 12.7. The van der Waals surface area contributed by atoms with Crippen LogP contribution in [-0.4, -0.2) is 52.5 Å². The van der Waals surface area contributed by atoms with Gasteiger partial charge in [-0.2, -0.15) is 0 Å². The summed E-state index contributed by atoms with van der Waals surface area (Å²) >= 11 is 0. The minimum Gasteiger partial charge on any atom is -0.422 e. The summed E-state index contributed by atoms with van der Waals surface area (Å²) in [6, 6.07) is 10.5. The number of aromatic nitrogens is 3. The first-order valence-electron chi connectivity index (χ1n) is 9.88. The average Bonchev–Trinajstić information content (AvgIpc) is 3.04. The van der Waals surface area contributed by atoms with Crippen molar-refractivity contribution in [2.24, 2.45) is 11.8 Å². The fourth-order valence-corrected chi connectivity index (χ4v) is 4.91. The molecule has 3 aromatic heterocycles. The van der Waals surface area contributed by atoms with Crippen LogP contribution >= 0.6 is 0 Å². The van der Waals surface area contributed by atoms with Crippen LogP contribution in [0.2, 0.25) is 0 Å². The average molecular weight is 387 g/mol. The van der Waals surface area contributed by atoms with E-state index in [0.717, 1.165) is 36.0 Å². The summed E-state index contributed by atoms with van der Waals surface area (Å²) in [7, 11) is 4.32. The molecule has 7 nitrogen and oxygen atoms in total. The standard InChI is InChI=1S/C22H21N5O2/c1-25(2)20-16-10-27(11-17(16)20)14-5-4-13-8-15(21(28)29-19(13)9-14)18-12-26-7-3-6-23-22(26)24-18/h3-9,12,16-17,20H,10-11H2,1-2H3/t16-,17+,20-. The lowest BCUT2D eigenvalue weighted by Gasteiger charge is -2.24. The van der Waals surface area contributed by atoms with Crippen LogP contribution in [0.5, 0.6) is 0 Å². The molecule has 3 atom stereocenters. The minimum absolute atomic E-state index is 0.380. The number of nitrogens with zero attached hydrogens (tertiary/aromatic N) is 5. The quantitative estimate of drug-likeness (QED) is 0.503. The van der Waals surface area contributed by atoms with Crippen molar-refractivity contribution in [3.8, 4) is 11.3 Å². The van der Waals surface area contributed by atoms with Crippen LogP contribution in [0.15, 0.2) is 58.1 Å². The monoisotopic (exact) mass is 387 g/mol. The maximum Gasteiger partial charge on any atom is 0.345 e. The molecule has 0 spiro atoms. The van der Waals surface area contributed by atoms with E-state index in [0.29, 0.717) is 28.7 Å². The number of rotatable bonds is 3. The predicted molar refractivity (Wildman–Crippen MR) is 111 cm³/mol. The fraction of sp³-hybridized carbons (Fsp3) is 0.318. The van der Waals surface area contributed by atoms with E-state index in [-0.39, 0.29) is 5.63 Å². The molecule has 0 radical (unpaired) electrons. The molecule has 1 aromatic carbocycles. The van der Waals surface area contributed by atoms with Crippen LogP contribution in [0.3, 0.4) is 0 Å². The third-order valence-corrected chi connectivity index (χ3v) is 6.34. The number of fused-ring (bicyclic) bond motifs is 3. The molecule has 1 aliphatic carbocycles. The Kier molecular flexibility index (Phi) is 3.41. The summed E-state index contributed by atoms with van der Waals surface area (Å²) in [6.07, 6.45) is 5.33. The number of benzene rings is 1. The van der Waals surface area contributed by atoms with Crippen LogP contribution in [0.25, 0.3) is 28.0 Å². The number of hydrogen-bond donors (Lipinski definition) is 0. The van der Waals surface area contributed by atoms with E-state index in [2.05, 4.69) is 39.9 Å². The van der Waals surface area contributed by atoms with Gasteiger partial charge in [0.1, 0.15) is 5.58 Å². The summed E-state index contributed by atoms with van der Waals surface area (Å²) in [5.41, 5.74) is 2.37. The Morgan fingerprint density at radius 2 is 2.00 bits per heavy atom. The summed E-state index contributed by atoms with van der Waals surface area (Å²) < 4.78 is 7.47. The van der Waals surface area contributed by atoms with Crippen LogP contribution in [0.1, 0.15) is 0 Å². The highest BCUT2D eigenvalue weighted by molar-refractivity contribution is 5.84. The zero-order chi connectivity index (χ0) is 19.7. The van der Waals surface area contributed by atoms with Crippen LogP contribution < -0.4 is 10.5 Å². The van der Waals surface area contributed by atoms with Crippen LogP contribution in [-0.2, 0) is 0 Å². The van der Waals surface area contributed by atoms with E-state index in [4.69, 9.17) is 4.42 Å². The first-order chi connectivity index (χ1) is 14.1. The number of anilines is 1. The number of imidazole rings is 1. The molecule has 1 saturated carbocycles. The Morgan fingerprint density at radius 1 is 1.17 bits per heavy atom. The number of hydrogen-bond acceptors (Lipinski definition) is 6. The molecular formula is C22H21N5O2. The zero-order valence-electron chi connectivity index (χ0n) is 16.3. The smallest absolute Gasteiger partial charge is 0.345 e. The van der Waals surface area contributed by atoms with Crippen molar-refractivity contribution in [3.63, 3.8) is 0 Å². The molecule has 146 valence electrons. The minimum atomic E-state index is -0.380. The van der Waals surface area contributed by atoms with Gasteiger partial charge >= 0.3 is 5.63 Å². The molecule has 2 aliphatic rings. The Balaban J connectivity index is 1.33. The molecule has 0 amide bonds. The van der Waals surface area contributed by atoms with Gasteiger partial charge in [0.05, 0.1) is 11.3 Å². The van der Waals surface area contributed by atoms with Crippen molar-refractivity contribution < 1.29 is 4.42 Å². The van der Waals surface area contributed by atoms with Gasteiger partial charge < -0.3 is 14.2 Å². The SMILES string of the molecule is CN(C)[C@@H]1[C@@H]2CN(c3ccc4cc(-c5cn6cccnc6n5)c(=O)oc4c3)C[C@@H]21. The molecule has 2 fully saturated rings. The van der Waals surface area contributed by atoms with Gasteiger partial charge in [-0.25, -0.2) is 14.8 Å². The van der Waals surface area contributed by atoms with Gasteiger partial charge in [0, 0.05) is 54.9 Å². The highest BCUT2D eigenvalue weighted by Gasteiger charge is 2.56. The lowest BCUT2D eigenvalue weighted by molar-refractivity contribution is 0.357. The van der Waals surface area contributed by atoms with Crippen molar-refractivity contribution in [1.82, 2.24) is 19.3 Å². The zero-order valence-corrected chi connectivity index (χ0v) is 16.3. The van der Waals surface area contributed by atoms with Gasteiger partial charge in [-0.15, -0.1) is 0 Å². The molecule has 0 bridgehead atoms. The molecule has 0 N–H and O–H groups in total. The molecule has 6 rings (SSSR count). The van der Waals surface area contributed by atoms with Gasteiger partial charge in [-0.3, -0.25) is 4.40 Å². The van der Waals surface area contributed by atoms with Crippen LogP contribution in [0, 0.1) is 11.8 Å². The Morgan fingerprint density at radius 3 is 2.76 bits per heavy atom. The van der Waals surface area contributed by atoms with Crippen molar-refractivity contribution in [2.75, 3.05) is 32.1 Å². The Labute approximate surface area is 167 Å². The summed E-state index contributed by atoms with van der Waals surface area (Å²) in [4.78, 5) is 26.1. The fourth-order valence-electron chi connectivity index (χ4n) is 4.91. The second-order valence-electron chi connectivity index (χ2n) is 8.31. The first-order valence-corrected chi connectivity index (χ1v) is 9.88. The van der Waals surface area contributed by atoms with E-state index in [1.165, 1.54) is 0 Å². The lowest BCUT2D eigenvalue weighted by Crippen LogP contribution is -2.30. The van der Waals surface area contributed by atoms with Crippen molar-refractivity contribution in [2.45, 2.75) is 6.04 Å². The second-order valence-corrected chi connectivity index (χ2v) is 8.31. The van der Waals surface area contributed by atoms with Crippen molar-refractivity contribution >= 4 is 22.4 Å². The van der Waals surface area contributed by atoms with Gasteiger partial charge in [0.25, 0.3) is 0 Å². The van der Waals surface area contributed by atoms with Gasteiger partial charge in [-0.05, 0) is 50.2 Å². The molecule has 4 heterocycles. The summed E-state index contributed by atoms with van der Waals surface area (Å²) in [5.74, 6) is 2.05.